The average molecular weight is 275 g/mol. The van der Waals surface area contributed by atoms with Crippen LogP contribution < -0.4 is 5.32 Å². The molecule has 0 aliphatic carbocycles. The van der Waals surface area contributed by atoms with E-state index in [4.69, 9.17) is 0 Å². The quantitative estimate of drug-likeness (QED) is 0.915. The van der Waals surface area contributed by atoms with Gasteiger partial charge in [-0.25, -0.2) is 0 Å². The summed E-state index contributed by atoms with van der Waals surface area (Å²) < 4.78 is 0. The van der Waals surface area contributed by atoms with Crippen molar-refractivity contribution in [1.29, 1.82) is 0 Å². The van der Waals surface area contributed by atoms with Crippen LogP contribution in [0, 0.1) is 6.92 Å². The van der Waals surface area contributed by atoms with E-state index in [-0.39, 0.29) is 5.91 Å². The number of nitrogens with one attached hydrogen (secondary N) is 1. The Balaban J connectivity index is 2.06. The Labute approximate surface area is 121 Å². The molecule has 4 nitrogen and oxygen atoms in total. The number of likely N-dealkylation sites (N-methyl/N-ethyl adjacent to an activating group) is 1. The second-order valence-corrected chi connectivity index (χ2v) is 5.29. The van der Waals surface area contributed by atoms with Gasteiger partial charge >= 0.3 is 0 Å². The van der Waals surface area contributed by atoms with E-state index in [1.165, 1.54) is 0 Å². The van der Waals surface area contributed by atoms with Crippen molar-refractivity contribution in [3.8, 4) is 0 Å². The lowest BCUT2D eigenvalue weighted by Crippen LogP contribution is -2.48. The van der Waals surface area contributed by atoms with Gasteiger partial charge in [-0.1, -0.05) is 6.92 Å². The van der Waals surface area contributed by atoms with Gasteiger partial charge in [-0.05, 0) is 44.2 Å². The molecule has 1 fully saturated rings. The fourth-order valence-electron chi connectivity index (χ4n) is 2.66. The molecule has 1 saturated heterocycles. The van der Waals surface area contributed by atoms with Crippen molar-refractivity contribution in [1.82, 2.24) is 9.80 Å². The molecule has 0 unspecified atom stereocenters. The maximum Gasteiger partial charge on any atom is 0.254 e. The number of benzene rings is 1. The second kappa shape index (κ2) is 6.75. The number of carbonyl (C=O) groups is 1. The van der Waals surface area contributed by atoms with Gasteiger partial charge in [0.2, 0.25) is 0 Å². The molecule has 4 heteroatoms. The summed E-state index contributed by atoms with van der Waals surface area (Å²) in [6.45, 7) is 11.8. The van der Waals surface area contributed by atoms with Gasteiger partial charge < -0.3 is 15.1 Å². The summed E-state index contributed by atoms with van der Waals surface area (Å²) in [5.41, 5.74) is 2.96. The predicted molar refractivity (Wildman–Crippen MR) is 83.4 cm³/mol. The van der Waals surface area contributed by atoms with Gasteiger partial charge in [0.05, 0.1) is 0 Å². The zero-order valence-electron chi connectivity index (χ0n) is 12.8. The number of amides is 1. The summed E-state index contributed by atoms with van der Waals surface area (Å²) in [6, 6.07) is 5.99. The highest BCUT2D eigenvalue weighted by Crippen LogP contribution is 2.17. The Kier molecular flexibility index (Phi) is 5.01. The van der Waals surface area contributed by atoms with Crippen LogP contribution in [0.25, 0.3) is 0 Å². The standard InChI is InChI=1S/C16H25N3O/c1-4-17-14-6-7-15(13(3)12-14)16(20)19-10-8-18(5-2)9-11-19/h6-7,12,17H,4-5,8-11H2,1-3H3. The minimum Gasteiger partial charge on any atom is -0.385 e. The molecule has 1 amide bonds. The lowest BCUT2D eigenvalue weighted by atomic mass is 10.1. The molecule has 0 spiro atoms. The highest BCUT2D eigenvalue weighted by atomic mass is 16.2. The molecule has 1 N–H and O–H groups in total. The summed E-state index contributed by atoms with van der Waals surface area (Å²) in [5.74, 6) is 0.168. The van der Waals surface area contributed by atoms with Crippen LogP contribution in [0.5, 0.6) is 0 Å². The number of piperazine rings is 1. The number of hydrogen-bond donors (Lipinski definition) is 1. The molecule has 0 atom stereocenters. The number of carbonyl (C=O) groups excluding carboxylic acids is 1. The fraction of sp³-hybridized carbons (Fsp3) is 0.562. The number of nitrogens with zero attached hydrogens (tertiary/aromatic N) is 2. The second-order valence-electron chi connectivity index (χ2n) is 5.29. The molecule has 0 saturated carbocycles. The monoisotopic (exact) mass is 275 g/mol. The molecular weight excluding hydrogens is 250 g/mol. The maximum absolute atomic E-state index is 12.6. The maximum atomic E-state index is 12.6. The van der Waals surface area contributed by atoms with Gasteiger partial charge in [-0.3, -0.25) is 4.79 Å². The minimum absolute atomic E-state index is 0.168. The molecular formula is C16H25N3O. The van der Waals surface area contributed by atoms with Gasteiger partial charge in [0.15, 0.2) is 0 Å². The van der Waals surface area contributed by atoms with E-state index in [1.54, 1.807) is 0 Å². The van der Waals surface area contributed by atoms with Crippen LogP contribution in [-0.2, 0) is 0 Å². The number of anilines is 1. The summed E-state index contributed by atoms with van der Waals surface area (Å²) >= 11 is 0. The van der Waals surface area contributed by atoms with Gasteiger partial charge in [-0.2, -0.15) is 0 Å². The van der Waals surface area contributed by atoms with Gasteiger partial charge in [0.25, 0.3) is 5.91 Å². The van der Waals surface area contributed by atoms with E-state index < -0.39 is 0 Å². The van der Waals surface area contributed by atoms with Crippen LogP contribution in [0.4, 0.5) is 5.69 Å². The lowest BCUT2D eigenvalue weighted by Gasteiger charge is -2.34. The summed E-state index contributed by atoms with van der Waals surface area (Å²) in [6.07, 6.45) is 0. The van der Waals surface area contributed by atoms with Crippen LogP contribution >= 0.6 is 0 Å². The first-order valence-corrected chi connectivity index (χ1v) is 7.51. The molecule has 20 heavy (non-hydrogen) atoms. The van der Waals surface area contributed by atoms with Crippen molar-refractivity contribution in [3.63, 3.8) is 0 Å². The number of rotatable bonds is 4. The normalized spacial score (nSPS) is 16.2. The topological polar surface area (TPSA) is 35.6 Å². The highest BCUT2D eigenvalue weighted by Gasteiger charge is 2.22. The molecule has 1 aromatic rings. The van der Waals surface area contributed by atoms with E-state index >= 15 is 0 Å². The van der Waals surface area contributed by atoms with Crippen molar-refractivity contribution in [2.45, 2.75) is 20.8 Å². The third-order valence-electron chi connectivity index (χ3n) is 3.94. The van der Waals surface area contributed by atoms with Crippen molar-refractivity contribution in [2.24, 2.45) is 0 Å². The van der Waals surface area contributed by atoms with Gasteiger partial charge in [0.1, 0.15) is 0 Å². The van der Waals surface area contributed by atoms with Crippen LogP contribution in [0.15, 0.2) is 18.2 Å². The zero-order chi connectivity index (χ0) is 14.5. The molecule has 110 valence electrons. The smallest absolute Gasteiger partial charge is 0.254 e. The predicted octanol–water partition coefficient (Wildman–Crippen LogP) is 2.20. The lowest BCUT2D eigenvalue weighted by molar-refractivity contribution is 0.0642. The van der Waals surface area contributed by atoms with Crippen molar-refractivity contribution in [2.75, 3.05) is 44.6 Å². The first-order chi connectivity index (χ1) is 9.65. The average Bonchev–Trinajstić information content (AvgIpc) is 2.47. The summed E-state index contributed by atoms with van der Waals surface area (Å²) in [7, 11) is 0. The number of aryl methyl sites for hydroxylation is 1. The SMILES string of the molecule is CCNc1ccc(C(=O)N2CCN(CC)CC2)c(C)c1. The van der Waals surface area contributed by atoms with Crippen LogP contribution in [0.2, 0.25) is 0 Å². The Hall–Kier alpha value is -1.55. The van der Waals surface area contributed by atoms with Crippen molar-refractivity contribution >= 4 is 11.6 Å². The molecule has 1 heterocycles. The molecule has 2 rings (SSSR count). The minimum atomic E-state index is 0.168. The largest absolute Gasteiger partial charge is 0.385 e. The van der Waals surface area contributed by atoms with Gasteiger partial charge in [-0.15, -0.1) is 0 Å². The van der Waals surface area contributed by atoms with E-state index in [1.807, 2.05) is 24.0 Å². The van der Waals surface area contributed by atoms with E-state index in [2.05, 4.69) is 30.1 Å². The third kappa shape index (κ3) is 3.31. The first-order valence-electron chi connectivity index (χ1n) is 7.51. The summed E-state index contributed by atoms with van der Waals surface area (Å²) in [5, 5.41) is 3.28. The Morgan fingerprint density at radius 3 is 2.45 bits per heavy atom. The Morgan fingerprint density at radius 1 is 1.20 bits per heavy atom. The molecule has 1 aliphatic heterocycles. The van der Waals surface area contributed by atoms with Crippen molar-refractivity contribution < 1.29 is 4.79 Å². The van der Waals surface area contributed by atoms with Crippen molar-refractivity contribution in [3.05, 3.63) is 29.3 Å². The van der Waals surface area contributed by atoms with Crippen LogP contribution in [0.1, 0.15) is 29.8 Å². The fourth-order valence-corrected chi connectivity index (χ4v) is 2.66. The highest BCUT2D eigenvalue weighted by molar-refractivity contribution is 5.96. The molecule has 0 bridgehead atoms. The number of hydrogen-bond acceptors (Lipinski definition) is 3. The Bertz CT molecular complexity index is 465. The zero-order valence-corrected chi connectivity index (χ0v) is 12.8. The van der Waals surface area contributed by atoms with Crippen LogP contribution in [0.3, 0.4) is 0 Å². The van der Waals surface area contributed by atoms with Crippen LogP contribution in [-0.4, -0.2) is 55.0 Å². The first kappa shape index (κ1) is 14.9. The van der Waals surface area contributed by atoms with E-state index in [0.717, 1.165) is 56.1 Å². The molecule has 1 aliphatic rings. The van der Waals surface area contributed by atoms with Gasteiger partial charge in [0, 0.05) is 44.0 Å². The van der Waals surface area contributed by atoms with E-state index in [0.29, 0.717) is 0 Å². The third-order valence-corrected chi connectivity index (χ3v) is 3.94. The molecule has 0 radical (unpaired) electrons. The van der Waals surface area contributed by atoms with E-state index in [9.17, 15) is 4.79 Å². The molecule has 1 aromatic carbocycles. The Morgan fingerprint density at radius 2 is 1.90 bits per heavy atom. The summed E-state index contributed by atoms with van der Waals surface area (Å²) in [4.78, 5) is 16.9. The molecule has 0 aromatic heterocycles.